The summed E-state index contributed by atoms with van der Waals surface area (Å²) >= 11 is 1.73. The number of hydrogen-bond acceptors (Lipinski definition) is 10. The number of aromatic nitrogens is 4. The van der Waals surface area contributed by atoms with Gasteiger partial charge in [0.2, 0.25) is 11.8 Å². The van der Waals surface area contributed by atoms with Gasteiger partial charge in [0, 0.05) is 80.4 Å². The lowest BCUT2D eigenvalue weighted by Gasteiger charge is -2.34. The quantitative estimate of drug-likeness (QED) is 0.275. The predicted octanol–water partition coefficient (Wildman–Crippen LogP) is 2.84. The van der Waals surface area contributed by atoms with Crippen molar-refractivity contribution in [3.05, 3.63) is 35.3 Å². The number of aromatic amines is 1. The van der Waals surface area contributed by atoms with Crippen LogP contribution in [0.5, 0.6) is 0 Å². The van der Waals surface area contributed by atoms with Crippen molar-refractivity contribution in [3.8, 4) is 11.4 Å². The number of H-pyrrole nitrogens is 1. The van der Waals surface area contributed by atoms with Crippen LogP contribution in [0.1, 0.15) is 31.6 Å². The molecule has 2 fully saturated rings. The first-order valence-corrected chi connectivity index (χ1v) is 16.0. The van der Waals surface area contributed by atoms with Crippen molar-refractivity contribution in [2.75, 3.05) is 63.9 Å². The van der Waals surface area contributed by atoms with E-state index in [4.69, 9.17) is 14.7 Å². The fourth-order valence-electron chi connectivity index (χ4n) is 5.59. The first-order chi connectivity index (χ1) is 21.4. The second-order valence-corrected chi connectivity index (χ2v) is 12.7. The Hall–Kier alpha value is -3.94. The van der Waals surface area contributed by atoms with Gasteiger partial charge in [-0.25, -0.2) is 9.97 Å². The Kier molecular flexibility index (Phi) is 9.14. The number of hydrogen-bond donors (Lipinski definition) is 2. The summed E-state index contributed by atoms with van der Waals surface area (Å²) in [6, 6.07) is 8.19. The van der Waals surface area contributed by atoms with E-state index in [0.29, 0.717) is 32.1 Å². The van der Waals surface area contributed by atoms with Crippen molar-refractivity contribution in [3.63, 3.8) is 0 Å². The Morgan fingerprint density at radius 3 is 2.61 bits per heavy atom. The third-order valence-corrected chi connectivity index (χ3v) is 9.33. The summed E-state index contributed by atoms with van der Waals surface area (Å²) in [5.74, 6) is 1.23. The molecular formula is C31H38N8O4S. The van der Waals surface area contributed by atoms with Gasteiger partial charge >= 0.3 is 0 Å². The monoisotopic (exact) mass is 618 g/mol. The zero-order valence-corrected chi connectivity index (χ0v) is 26.0. The van der Waals surface area contributed by atoms with Crippen LogP contribution in [0.4, 0.5) is 5.82 Å². The Balaban J connectivity index is 1.11. The minimum Gasteiger partial charge on any atom is -0.378 e. The molecular weight excluding hydrogens is 580 g/mol. The highest BCUT2D eigenvalue weighted by Crippen LogP contribution is 2.36. The zero-order chi connectivity index (χ0) is 30.6. The molecule has 5 heterocycles. The van der Waals surface area contributed by atoms with Crippen LogP contribution in [-0.4, -0.2) is 107 Å². The van der Waals surface area contributed by atoms with Crippen molar-refractivity contribution >= 4 is 55.9 Å². The molecule has 13 heteroatoms. The first kappa shape index (κ1) is 30.1. The third kappa shape index (κ3) is 6.74. The molecule has 12 nitrogen and oxygen atoms in total. The number of carbonyl (C=O) groups is 3. The van der Waals surface area contributed by atoms with Crippen LogP contribution >= 0.6 is 11.3 Å². The minimum absolute atomic E-state index is 0.0388. The molecule has 0 atom stereocenters. The molecule has 0 spiro atoms. The summed E-state index contributed by atoms with van der Waals surface area (Å²) in [7, 11) is 0. The van der Waals surface area contributed by atoms with E-state index >= 15 is 0 Å². The Morgan fingerprint density at radius 2 is 1.84 bits per heavy atom. The molecule has 2 amide bonds. The number of piperazine rings is 1. The Bertz CT molecular complexity index is 1650. The van der Waals surface area contributed by atoms with E-state index in [9.17, 15) is 14.4 Å². The van der Waals surface area contributed by atoms with Crippen LogP contribution in [0.25, 0.3) is 32.5 Å². The maximum atomic E-state index is 12.7. The number of ketones is 1. The van der Waals surface area contributed by atoms with E-state index in [0.717, 1.165) is 65.2 Å². The van der Waals surface area contributed by atoms with Crippen LogP contribution in [0, 0.1) is 5.92 Å². The van der Waals surface area contributed by atoms with Gasteiger partial charge < -0.3 is 19.9 Å². The highest BCUT2D eigenvalue weighted by Gasteiger charge is 2.24. The van der Waals surface area contributed by atoms with Gasteiger partial charge in [0.15, 0.2) is 11.6 Å². The summed E-state index contributed by atoms with van der Waals surface area (Å²) in [6.45, 7) is 9.94. The second-order valence-electron chi connectivity index (χ2n) is 11.6. The van der Waals surface area contributed by atoms with Crippen molar-refractivity contribution in [2.24, 2.45) is 5.92 Å². The number of nitrogens with zero attached hydrogens (tertiary/aromatic N) is 6. The molecule has 0 aliphatic carbocycles. The maximum Gasteiger partial charge on any atom is 0.242 e. The molecule has 6 rings (SSSR count). The minimum atomic E-state index is -0.264. The highest BCUT2D eigenvalue weighted by molar-refractivity contribution is 7.19. The van der Waals surface area contributed by atoms with E-state index in [-0.39, 0.29) is 42.9 Å². The SMILES string of the molecule is CC(C)C(=O)CCC(=O)NCC(=O)N1CCN(Cc2cc3nc(-c4cccc5[nH]ncc45)nc(N4CCOCC4)c3s2)CC1. The predicted molar refractivity (Wildman–Crippen MR) is 169 cm³/mol. The fraction of sp³-hybridized carbons (Fsp3) is 0.484. The number of Topliss-reactive ketones (excluding diaryl/α,β-unsaturated/α-hetero) is 1. The molecule has 3 aromatic heterocycles. The first-order valence-electron chi connectivity index (χ1n) is 15.2. The van der Waals surface area contributed by atoms with E-state index in [2.05, 4.69) is 31.4 Å². The van der Waals surface area contributed by atoms with E-state index in [1.165, 1.54) is 4.88 Å². The topological polar surface area (TPSA) is 137 Å². The number of amides is 2. The van der Waals surface area contributed by atoms with Gasteiger partial charge in [-0.2, -0.15) is 5.10 Å². The molecule has 2 saturated heterocycles. The molecule has 44 heavy (non-hydrogen) atoms. The number of benzene rings is 1. The van der Waals surface area contributed by atoms with Crippen LogP contribution in [0.2, 0.25) is 0 Å². The molecule has 0 unspecified atom stereocenters. The third-order valence-electron chi connectivity index (χ3n) is 8.22. The number of fused-ring (bicyclic) bond motifs is 2. The Morgan fingerprint density at radius 1 is 1.05 bits per heavy atom. The largest absolute Gasteiger partial charge is 0.378 e. The maximum absolute atomic E-state index is 12.7. The van der Waals surface area contributed by atoms with E-state index < -0.39 is 0 Å². The van der Waals surface area contributed by atoms with Crippen molar-refractivity contribution in [1.29, 1.82) is 0 Å². The number of carbonyl (C=O) groups excluding carboxylic acids is 3. The lowest BCUT2D eigenvalue weighted by molar-refractivity contribution is -0.134. The molecule has 1 aromatic carbocycles. The van der Waals surface area contributed by atoms with E-state index in [1.807, 2.05) is 38.2 Å². The number of anilines is 1. The number of rotatable bonds is 10. The van der Waals surface area contributed by atoms with Gasteiger partial charge in [-0.1, -0.05) is 26.0 Å². The van der Waals surface area contributed by atoms with Gasteiger partial charge in [-0.05, 0) is 12.1 Å². The summed E-state index contributed by atoms with van der Waals surface area (Å²) < 4.78 is 6.69. The fourth-order valence-corrected chi connectivity index (χ4v) is 6.75. The molecule has 2 aliphatic rings. The number of ether oxygens (including phenoxy) is 1. The zero-order valence-electron chi connectivity index (χ0n) is 25.2. The summed E-state index contributed by atoms with van der Waals surface area (Å²) in [4.78, 5) is 54.3. The van der Waals surface area contributed by atoms with E-state index in [1.54, 1.807) is 16.2 Å². The standard InChI is InChI=1S/C31H38N8O4S/c1-20(2)26(40)6-7-27(41)32-18-28(42)38-10-8-37(9-11-38)19-21-16-25-29(44-21)31(39-12-14-43-15-13-39)35-30(34-25)22-4-3-5-24-23(22)17-33-36-24/h3-5,16-17,20H,6-15,18-19H2,1-2H3,(H,32,41)(H,33,36). The number of nitrogens with one attached hydrogen (secondary N) is 2. The van der Waals surface area contributed by atoms with Crippen molar-refractivity contribution < 1.29 is 19.1 Å². The highest BCUT2D eigenvalue weighted by atomic mass is 32.1. The molecule has 232 valence electrons. The van der Waals surface area contributed by atoms with Gasteiger partial charge in [0.05, 0.1) is 41.7 Å². The van der Waals surface area contributed by atoms with Gasteiger partial charge in [-0.3, -0.25) is 24.4 Å². The number of morpholine rings is 1. The normalized spacial score (nSPS) is 16.2. The second kappa shape index (κ2) is 13.4. The average Bonchev–Trinajstić information content (AvgIpc) is 3.69. The molecule has 2 aliphatic heterocycles. The van der Waals surface area contributed by atoms with Gasteiger partial charge in [-0.15, -0.1) is 11.3 Å². The Labute approximate surface area is 259 Å². The van der Waals surface area contributed by atoms with Gasteiger partial charge in [0.25, 0.3) is 0 Å². The van der Waals surface area contributed by atoms with Crippen LogP contribution in [0.3, 0.4) is 0 Å². The number of thiophene rings is 1. The summed E-state index contributed by atoms with van der Waals surface area (Å²) in [6.07, 6.45) is 2.14. The average molecular weight is 619 g/mol. The van der Waals surface area contributed by atoms with Gasteiger partial charge in [0.1, 0.15) is 5.78 Å². The lowest BCUT2D eigenvalue weighted by atomic mass is 10.0. The summed E-state index contributed by atoms with van der Waals surface area (Å²) in [5.41, 5.74) is 2.82. The van der Waals surface area contributed by atoms with Crippen LogP contribution < -0.4 is 10.2 Å². The summed E-state index contributed by atoms with van der Waals surface area (Å²) in [5, 5.41) is 10.9. The molecule has 0 radical (unpaired) electrons. The van der Waals surface area contributed by atoms with Crippen LogP contribution in [-0.2, 0) is 25.7 Å². The lowest BCUT2D eigenvalue weighted by Crippen LogP contribution is -2.50. The molecule has 2 N–H and O–H groups in total. The molecule has 0 bridgehead atoms. The smallest absolute Gasteiger partial charge is 0.242 e. The van der Waals surface area contributed by atoms with Crippen molar-refractivity contribution in [1.82, 2.24) is 35.3 Å². The van der Waals surface area contributed by atoms with Crippen LogP contribution in [0.15, 0.2) is 30.5 Å². The molecule has 4 aromatic rings. The molecule has 0 saturated carbocycles. The van der Waals surface area contributed by atoms with Crippen molar-refractivity contribution in [2.45, 2.75) is 33.2 Å².